The summed E-state index contributed by atoms with van der Waals surface area (Å²) in [6, 6.07) is 0. The lowest BCUT2D eigenvalue weighted by molar-refractivity contribution is 0.529. The van der Waals surface area contributed by atoms with Gasteiger partial charge in [-0.15, -0.1) is 0 Å². The molecule has 0 saturated carbocycles. The summed E-state index contributed by atoms with van der Waals surface area (Å²) < 4.78 is 0. The highest BCUT2D eigenvalue weighted by molar-refractivity contribution is 7.80. The monoisotopic (exact) mass is 327 g/mol. The zero-order valence-electron chi connectivity index (χ0n) is 15.4. The molecular formula is C20H41NS. The van der Waals surface area contributed by atoms with Crippen LogP contribution in [0, 0.1) is 0 Å². The first-order chi connectivity index (χ1) is 10.8. The van der Waals surface area contributed by atoms with Gasteiger partial charge in [0.2, 0.25) is 0 Å². The summed E-state index contributed by atoms with van der Waals surface area (Å²) in [7, 11) is 0. The predicted molar refractivity (Wildman–Crippen MR) is 106 cm³/mol. The maximum atomic E-state index is 4.99. The van der Waals surface area contributed by atoms with Gasteiger partial charge in [-0.3, -0.25) is 0 Å². The number of unbranched alkanes of at least 4 members (excludes halogenated alkanes) is 15. The van der Waals surface area contributed by atoms with Crippen molar-refractivity contribution in [1.82, 2.24) is 5.32 Å². The van der Waals surface area contributed by atoms with Crippen molar-refractivity contribution in [3.63, 3.8) is 0 Å². The third-order valence-electron chi connectivity index (χ3n) is 4.40. The number of hydrogen-bond donors (Lipinski definition) is 1. The summed E-state index contributed by atoms with van der Waals surface area (Å²) in [5.41, 5.74) is 0. The molecule has 2 heteroatoms. The largest absolute Gasteiger partial charge is 0.380 e. The lowest BCUT2D eigenvalue weighted by Gasteiger charge is -2.04. The van der Waals surface area contributed by atoms with Crippen molar-refractivity contribution in [3.8, 4) is 0 Å². The van der Waals surface area contributed by atoms with Gasteiger partial charge in [-0.1, -0.05) is 115 Å². The summed E-state index contributed by atoms with van der Waals surface area (Å²) in [5, 5.41) is 3.23. The van der Waals surface area contributed by atoms with Gasteiger partial charge >= 0.3 is 0 Å². The molecule has 0 aliphatic heterocycles. The molecule has 0 aliphatic rings. The Kier molecular flexibility index (Phi) is 18.8. The first-order valence-corrected chi connectivity index (χ1v) is 10.4. The Balaban J connectivity index is 2.95. The van der Waals surface area contributed by atoms with Crippen molar-refractivity contribution < 1.29 is 0 Å². The molecule has 0 aromatic carbocycles. The Bertz CT molecular complexity index is 228. The van der Waals surface area contributed by atoms with Crippen LogP contribution in [-0.4, -0.2) is 11.5 Å². The van der Waals surface area contributed by atoms with Crippen molar-refractivity contribution in [2.75, 3.05) is 6.54 Å². The van der Waals surface area contributed by atoms with Gasteiger partial charge in [0.05, 0.1) is 4.99 Å². The first-order valence-electron chi connectivity index (χ1n) is 10.0. The van der Waals surface area contributed by atoms with E-state index < -0.39 is 0 Å². The van der Waals surface area contributed by atoms with E-state index in [1.54, 1.807) is 0 Å². The van der Waals surface area contributed by atoms with Crippen LogP contribution < -0.4 is 5.32 Å². The lowest BCUT2D eigenvalue weighted by atomic mass is 10.0. The van der Waals surface area contributed by atoms with Crippen LogP contribution in [0.25, 0.3) is 0 Å². The van der Waals surface area contributed by atoms with Crippen molar-refractivity contribution in [2.45, 2.75) is 117 Å². The molecule has 22 heavy (non-hydrogen) atoms. The minimum Gasteiger partial charge on any atom is -0.380 e. The first kappa shape index (κ1) is 21.9. The Hall–Kier alpha value is -0.110. The molecule has 0 spiro atoms. The van der Waals surface area contributed by atoms with E-state index in [1.165, 1.54) is 103 Å². The molecule has 0 aliphatic carbocycles. The summed E-state index contributed by atoms with van der Waals surface area (Å²) in [4.78, 5) is 0.931. The molecule has 0 amide bonds. The van der Waals surface area contributed by atoms with Crippen LogP contribution in [0.3, 0.4) is 0 Å². The zero-order valence-corrected chi connectivity index (χ0v) is 16.2. The van der Waals surface area contributed by atoms with Crippen LogP contribution in [-0.2, 0) is 0 Å². The molecule has 0 radical (unpaired) electrons. The van der Waals surface area contributed by atoms with Gasteiger partial charge in [-0.2, -0.15) is 0 Å². The number of rotatable bonds is 17. The second kappa shape index (κ2) is 18.9. The summed E-state index contributed by atoms with van der Waals surface area (Å²) >= 11 is 4.99. The van der Waals surface area contributed by atoms with E-state index >= 15 is 0 Å². The van der Waals surface area contributed by atoms with Gasteiger partial charge in [-0.05, 0) is 13.3 Å². The van der Waals surface area contributed by atoms with E-state index in [9.17, 15) is 0 Å². The lowest BCUT2D eigenvalue weighted by Crippen LogP contribution is -2.18. The zero-order chi connectivity index (χ0) is 16.3. The maximum Gasteiger partial charge on any atom is 0.0721 e. The Morgan fingerprint density at radius 1 is 0.591 bits per heavy atom. The second-order valence-electron chi connectivity index (χ2n) is 6.79. The molecule has 0 saturated heterocycles. The van der Waals surface area contributed by atoms with E-state index in [-0.39, 0.29) is 0 Å². The van der Waals surface area contributed by atoms with Gasteiger partial charge < -0.3 is 5.32 Å². The van der Waals surface area contributed by atoms with Gasteiger partial charge in [0.15, 0.2) is 0 Å². The fourth-order valence-electron chi connectivity index (χ4n) is 2.94. The highest BCUT2D eigenvalue weighted by atomic mass is 32.1. The Labute approximate surface area is 146 Å². The molecule has 0 atom stereocenters. The van der Waals surface area contributed by atoms with Crippen LogP contribution in [0.2, 0.25) is 0 Å². The number of hydrogen-bond acceptors (Lipinski definition) is 1. The quantitative estimate of drug-likeness (QED) is 0.224. The molecule has 0 fully saturated rings. The standard InChI is InChI=1S/C20H41NS/c1-3-4-5-6-7-8-9-10-11-12-13-14-15-16-17-18-19-21-20(2)22/h3-19H2,1-2H3,(H,21,22). The normalized spacial score (nSPS) is 10.8. The average Bonchev–Trinajstić information content (AvgIpc) is 2.50. The number of nitrogens with one attached hydrogen (secondary N) is 1. The third-order valence-corrected chi connectivity index (χ3v) is 4.55. The molecule has 1 N–H and O–H groups in total. The molecule has 1 nitrogen and oxygen atoms in total. The summed E-state index contributed by atoms with van der Waals surface area (Å²) in [5.74, 6) is 0. The second-order valence-corrected chi connectivity index (χ2v) is 7.40. The SMILES string of the molecule is CCCCCCCCCCCCCCCCCCNC(C)=S. The molecule has 0 rings (SSSR count). The van der Waals surface area contributed by atoms with E-state index in [0.717, 1.165) is 11.5 Å². The summed E-state index contributed by atoms with van der Waals surface area (Å²) in [6.07, 6.45) is 22.9. The maximum absolute atomic E-state index is 4.99. The van der Waals surface area contributed by atoms with Crippen LogP contribution in [0.5, 0.6) is 0 Å². The Morgan fingerprint density at radius 2 is 0.909 bits per heavy atom. The van der Waals surface area contributed by atoms with E-state index in [0.29, 0.717) is 0 Å². The van der Waals surface area contributed by atoms with Gasteiger partial charge in [0.1, 0.15) is 0 Å². The van der Waals surface area contributed by atoms with Gasteiger partial charge in [0.25, 0.3) is 0 Å². The van der Waals surface area contributed by atoms with Crippen LogP contribution in [0.1, 0.15) is 117 Å². The average molecular weight is 328 g/mol. The molecule has 0 unspecified atom stereocenters. The van der Waals surface area contributed by atoms with E-state index in [1.807, 2.05) is 6.92 Å². The highest BCUT2D eigenvalue weighted by Gasteiger charge is 1.94. The molecule has 0 bridgehead atoms. The van der Waals surface area contributed by atoms with Crippen LogP contribution in [0.4, 0.5) is 0 Å². The predicted octanol–water partition coefficient (Wildman–Crippen LogP) is 7.18. The fourth-order valence-corrected chi connectivity index (χ4v) is 3.04. The van der Waals surface area contributed by atoms with Crippen molar-refractivity contribution in [1.29, 1.82) is 0 Å². The van der Waals surface area contributed by atoms with Gasteiger partial charge in [-0.25, -0.2) is 0 Å². The van der Waals surface area contributed by atoms with Gasteiger partial charge in [0, 0.05) is 6.54 Å². The fraction of sp³-hybridized carbons (Fsp3) is 0.950. The highest BCUT2D eigenvalue weighted by Crippen LogP contribution is 2.13. The minimum absolute atomic E-state index is 0.931. The molecule has 0 heterocycles. The van der Waals surface area contributed by atoms with E-state index in [2.05, 4.69) is 12.2 Å². The molecular weight excluding hydrogens is 286 g/mol. The smallest absolute Gasteiger partial charge is 0.0721 e. The van der Waals surface area contributed by atoms with Crippen molar-refractivity contribution in [3.05, 3.63) is 0 Å². The van der Waals surface area contributed by atoms with E-state index in [4.69, 9.17) is 12.2 Å². The van der Waals surface area contributed by atoms with Crippen molar-refractivity contribution in [2.24, 2.45) is 0 Å². The number of thiocarbonyl (C=S) groups is 1. The molecule has 0 aromatic heterocycles. The molecule has 0 aromatic rings. The van der Waals surface area contributed by atoms with Crippen LogP contribution in [0.15, 0.2) is 0 Å². The van der Waals surface area contributed by atoms with Crippen molar-refractivity contribution >= 4 is 17.2 Å². The van der Waals surface area contributed by atoms with Crippen LogP contribution >= 0.6 is 12.2 Å². The third kappa shape index (κ3) is 19.9. The molecule has 132 valence electrons. The topological polar surface area (TPSA) is 12.0 Å². The summed E-state index contributed by atoms with van der Waals surface area (Å²) in [6.45, 7) is 5.31. The Morgan fingerprint density at radius 3 is 1.23 bits per heavy atom. The minimum atomic E-state index is 0.931.